The van der Waals surface area contributed by atoms with Gasteiger partial charge in [-0.1, -0.05) is 13.8 Å². The van der Waals surface area contributed by atoms with Crippen molar-refractivity contribution in [1.29, 1.82) is 0 Å². The number of aromatic nitrogens is 8. The van der Waals surface area contributed by atoms with E-state index in [0.29, 0.717) is 11.2 Å². The quantitative estimate of drug-likeness (QED) is 0.146. The van der Waals surface area contributed by atoms with Crippen LogP contribution in [0.4, 0.5) is 10.3 Å². The fourth-order valence-corrected chi connectivity index (χ4v) is 8.03. The molecule has 0 aromatic carbocycles. The van der Waals surface area contributed by atoms with Crippen LogP contribution in [0, 0.1) is 12.5 Å². The average Bonchev–Trinajstić information content (AvgIpc) is 3.72. The molecule has 4 aromatic rings. The fourth-order valence-electron chi connectivity index (χ4n) is 4.91. The van der Waals surface area contributed by atoms with Gasteiger partial charge in [-0.15, -0.1) is 0 Å². The predicted octanol–water partition coefficient (Wildman–Crippen LogP) is 2.12. The molecular weight excluding hydrogens is 729 g/mol. The Morgan fingerprint density at radius 2 is 2.10 bits per heavy atom. The summed E-state index contributed by atoms with van der Waals surface area (Å²) >= 11 is 10.9. The summed E-state index contributed by atoms with van der Waals surface area (Å²) in [4.78, 5) is 63.2. The molecule has 2 aliphatic rings. The molecule has 3 N–H and O–H groups in total. The number of halogens is 1. The number of nitrogens with zero attached hydrogens (tertiary/aromatic N) is 8. The number of imidazole rings is 2. The molecule has 6 heterocycles. The van der Waals surface area contributed by atoms with Crippen LogP contribution in [0.3, 0.4) is 0 Å². The highest BCUT2D eigenvalue weighted by Gasteiger charge is 2.50. The largest absolute Gasteiger partial charge is 0.346 e. The summed E-state index contributed by atoms with van der Waals surface area (Å²) in [6.45, 7) is 1.59. The minimum Gasteiger partial charge on any atom is -0.346 e. The predicted molar refractivity (Wildman–Crippen MR) is 176 cm³/mol. The lowest BCUT2D eigenvalue weighted by atomic mass is 10.1. The van der Waals surface area contributed by atoms with Crippen molar-refractivity contribution in [1.82, 2.24) is 39.0 Å². The Bertz CT molecular complexity index is 2070. The number of nitrogens with one attached hydrogen (secondary N) is 2. The second kappa shape index (κ2) is 14.6. The van der Waals surface area contributed by atoms with Gasteiger partial charge in [0.25, 0.3) is 5.56 Å². The number of hydrogen-bond acceptors (Lipinski definition) is 15. The highest BCUT2D eigenvalue weighted by Crippen LogP contribution is 2.53. The molecule has 1 fully saturated rings. The topological polar surface area (TPSA) is 216 Å². The van der Waals surface area contributed by atoms with Gasteiger partial charge in [0, 0.05) is 12.5 Å². The summed E-state index contributed by atoms with van der Waals surface area (Å²) < 4.78 is 54.1. The van der Waals surface area contributed by atoms with Crippen LogP contribution >= 0.6 is 13.4 Å². The van der Waals surface area contributed by atoms with E-state index in [1.165, 1.54) is 23.4 Å². The number of hydrogen-bond donors (Lipinski definition) is 3. The summed E-state index contributed by atoms with van der Waals surface area (Å²) in [7, 11) is 0. The normalized spacial score (nSPS) is 28.2. The standard InChI is InChI=1S/C25H29FN10O9P2S2/c1-13(2)22(37)33-25-32-21-18(23(38)34-25)30-12-36(21)24-19-17(26)15(44-24)9-43-47(49,40-6-4-27-3)41-7-5-35-16(10-42-46(39,48)45-19)31-14-8-28-11-29-20(14)35/h8,11-13,15,17,19,24H,4-7,9-10H2,1-2H3,(H,39,48)(H2,32,33,34,37,38)/t15-,17-,19-,24-,46?,47?/m1/s1. The SMILES string of the molecule is [C-]#[N+]CCOP1(=S)OCCn2c(nc3cncnc32)COP(O)(=S)O[C@@H]2[C@H](F)[C@@H](CO1)O[C@H]2n1cnc2c(=O)[nH]c(NC(=O)C(C)C)nc21. The molecule has 0 saturated carbocycles. The maximum Gasteiger partial charge on any atom is 0.327 e. The van der Waals surface area contributed by atoms with Gasteiger partial charge in [0.15, 0.2) is 29.2 Å². The third kappa shape index (κ3) is 7.77. The molecule has 0 spiro atoms. The molecule has 4 aromatic heterocycles. The van der Waals surface area contributed by atoms with Crippen molar-refractivity contribution in [3.8, 4) is 0 Å². The first-order chi connectivity index (χ1) is 23.4. The number of H-pyrrole nitrogens is 1. The number of alkyl halides is 1. The van der Waals surface area contributed by atoms with Crippen molar-refractivity contribution in [2.24, 2.45) is 5.92 Å². The molecule has 1 saturated heterocycles. The van der Waals surface area contributed by atoms with Crippen LogP contribution in [-0.2, 0) is 68.9 Å². The third-order valence-electron chi connectivity index (χ3n) is 7.25. The Balaban J connectivity index is 1.38. The number of fused-ring (bicyclic) bond motifs is 6. The molecule has 6 rings (SSSR count). The zero-order valence-corrected chi connectivity index (χ0v) is 29.2. The number of amides is 1. The summed E-state index contributed by atoms with van der Waals surface area (Å²) in [5.74, 6) is -0.770. The minimum absolute atomic E-state index is 0.0279. The lowest BCUT2D eigenvalue weighted by molar-refractivity contribution is -0.118. The van der Waals surface area contributed by atoms with Crippen molar-refractivity contribution in [2.45, 2.75) is 51.6 Å². The van der Waals surface area contributed by atoms with Gasteiger partial charge in [0.1, 0.15) is 43.1 Å². The van der Waals surface area contributed by atoms with Gasteiger partial charge in [0.05, 0.1) is 25.7 Å². The maximum absolute atomic E-state index is 16.3. The van der Waals surface area contributed by atoms with Crippen molar-refractivity contribution >= 4 is 71.2 Å². The van der Waals surface area contributed by atoms with Gasteiger partial charge in [-0.05, 0) is 23.6 Å². The van der Waals surface area contributed by atoms with E-state index in [-0.39, 0.29) is 55.8 Å². The molecule has 49 heavy (non-hydrogen) atoms. The van der Waals surface area contributed by atoms with E-state index in [9.17, 15) is 14.5 Å². The van der Waals surface area contributed by atoms with E-state index in [1.54, 1.807) is 18.4 Å². The van der Waals surface area contributed by atoms with E-state index in [2.05, 4.69) is 40.1 Å². The van der Waals surface area contributed by atoms with Crippen molar-refractivity contribution < 1.29 is 41.4 Å². The molecule has 0 radical (unpaired) electrons. The summed E-state index contributed by atoms with van der Waals surface area (Å²) in [5.41, 5.74) is -0.107. The first-order valence-corrected chi connectivity index (χ1v) is 19.8. The Morgan fingerprint density at radius 1 is 1.29 bits per heavy atom. The molecule has 6 atom stereocenters. The van der Waals surface area contributed by atoms with Crippen molar-refractivity contribution in [3.05, 3.63) is 46.4 Å². The number of carbonyl (C=O) groups is 1. The molecule has 19 nitrogen and oxygen atoms in total. The fraction of sp³-hybridized carbons (Fsp3) is 0.520. The maximum atomic E-state index is 16.3. The monoisotopic (exact) mass is 758 g/mol. The molecule has 2 bridgehead atoms. The Hall–Kier alpha value is -3.19. The van der Waals surface area contributed by atoms with E-state index < -0.39 is 62.0 Å². The van der Waals surface area contributed by atoms with Gasteiger partial charge in [-0.3, -0.25) is 29.0 Å². The number of carbonyl (C=O) groups excluding carboxylic acids is 1. The summed E-state index contributed by atoms with van der Waals surface area (Å²) in [6.07, 6.45) is -2.55. The first kappa shape index (κ1) is 35.6. The van der Waals surface area contributed by atoms with E-state index in [1.807, 2.05) is 0 Å². The second-order valence-corrected chi connectivity index (χ2v) is 16.7. The lowest BCUT2D eigenvalue weighted by Gasteiger charge is -2.25. The highest BCUT2D eigenvalue weighted by atomic mass is 32.5. The van der Waals surface area contributed by atoms with Crippen LogP contribution < -0.4 is 10.9 Å². The van der Waals surface area contributed by atoms with Crippen molar-refractivity contribution in [2.75, 3.05) is 31.7 Å². The van der Waals surface area contributed by atoms with Gasteiger partial charge in [-0.2, -0.15) is 4.98 Å². The van der Waals surface area contributed by atoms with E-state index in [0.717, 1.165) is 0 Å². The van der Waals surface area contributed by atoms with E-state index >= 15 is 4.39 Å². The van der Waals surface area contributed by atoms with Gasteiger partial charge < -0.3 is 37.1 Å². The van der Waals surface area contributed by atoms with Crippen LogP contribution in [0.2, 0.25) is 0 Å². The average molecular weight is 759 g/mol. The smallest absolute Gasteiger partial charge is 0.327 e. The molecule has 24 heteroatoms. The van der Waals surface area contributed by atoms with Gasteiger partial charge in [-0.25, -0.2) is 30.9 Å². The first-order valence-electron chi connectivity index (χ1n) is 14.6. The zero-order chi connectivity index (χ0) is 34.9. The zero-order valence-electron chi connectivity index (χ0n) is 25.7. The van der Waals surface area contributed by atoms with Gasteiger partial charge in [0.2, 0.25) is 18.4 Å². The van der Waals surface area contributed by atoms with Crippen LogP contribution in [0.1, 0.15) is 25.9 Å². The molecule has 0 aliphatic carbocycles. The highest BCUT2D eigenvalue weighted by molar-refractivity contribution is 8.07. The van der Waals surface area contributed by atoms with Crippen molar-refractivity contribution in [3.63, 3.8) is 0 Å². The molecule has 262 valence electrons. The van der Waals surface area contributed by atoms with Crippen LogP contribution in [0.15, 0.2) is 23.6 Å². The Kier molecular flexibility index (Phi) is 10.6. The number of ether oxygens (including phenoxy) is 1. The third-order valence-corrected chi connectivity index (χ3v) is 11.2. The van der Waals surface area contributed by atoms with Crippen LogP contribution in [0.5, 0.6) is 0 Å². The lowest BCUT2D eigenvalue weighted by Crippen LogP contribution is -2.32. The van der Waals surface area contributed by atoms with Crippen LogP contribution in [-0.4, -0.2) is 94.6 Å². The number of anilines is 1. The van der Waals surface area contributed by atoms with Crippen LogP contribution in [0.25, 0.3) is 27.2 Å². The van der Waals surface area contributed by atoms with Gasteiger partial charge >= 0.3 is 13.4 Å². The molecule has 1 amide bonds. The summed E-state index contributed by atoms with van der Waals surface area (Å²) in [5, 5.41) is 2.51. The summed E-state index contributed by atoms with van der Waals surface area (Å²) in [6, 6.07) is 0. The second-order valence-electron chi connectivity index (χ2n) is 10.9. The number of rotatable bonds is 6. The molecule has 2 unspecified atom stereocenters. The number of aromatic amines is 1. The Labute approximate surface area is 286 Å². The minimum atomic E-state index is -4.24. The molecule has 2 aliphatic heterocycles. The Morgan fingerprint density at radius 3 is 2.88 bits per heavy atom. The molecular formula is C25H29FN10O9P2S2. The van der Waals surface area contributed by atoms with E-state index in [4.69, 9.17) is 57.5 Å².